The zero-order valence-electron chi connectivity index (χ0n) is 14.1. The van der Waals surface area contributed by atoms with Crippen LogP contribution in [0.15, 0.2) is 18.2 Å². The van der Waals surface area contributed by atoms with E-state index in [0.29, 0.717) is 24.2 Å². The standard InChI is InChI=1S/C17H19ClN4O3S/c18-14-8-12(22-6-1-7-26(22,24)25)2-4-13(14)17(23)20-15-9-11-3-5-16(15)21(11)10-19/h2,4,8,11,15-16H,1,3,5-7,9H2,(H,20,23)/t11-,15+,16+/m0/s1. The molecule has 138 valence electrons. The van der Waals surface area contributed by atoms with Crippen LogP contribution in [-0.4, -0.2) is 49.6 Å². The molecule has 3 fully saturated rings. The van der Waals surface area contributed by atoms with Gasteiger partial charge in [-0.15, -0.1) is 0 Å². The summed E-state index contributed by atoms with van der Waals surface area (Å²) in [7, 11) is -3.29. The van der Waals surface area contributed by atoms with Crippen LogP contribution in [0.2, 0.25) is 5.02 Å². The first-order valence-electron chi connectivity index (χ1n) is 8.69. The minimum atomic E-state index is -3.29. The molecule has 3 heterocycles. The maximum Gasteiger partial charge on any atom is 0.253 e. The van der Waals surface area contributed by atoms with Gasteiger partial charge >= 0.3 is 0 Å². The average molecular weight is 395 g/mol. The van der Waals surface area contributed by atoms with Gasteiger partial charge in [0.05, 0.1) is 34.1 Å². The number of rotatable bonds is 3. The molecule has 3 aliphatic rings. The summed E-state index contributed by atoms with van der Waals surface area (Å²) in [5, 5.41) is 12.4. The first-order valence-corrected chi connectivity index (χ1v) is 10.7. The van der Waals surface area contributed by atoms with Crippen molar-refractivity contribution >= 4 is 33.2 Å². The SMILES string of the molecule is N#CN1[C@H]2CC[C@@H]1[C@H](NC(=O)c1ccc(N3CCCS3(=O)=O)cc1Cl)C2. The van der Waals surface area contributed by atoms with Gasteiger partial charge in [-0.1, -0.05) is 11.6 Å². The Balaban J connectivity index is 1.50. The molecule has 3 atom stereocenters. The van der Waals surface area contributed by atoms with Crippen LogP contribution in [0.5, 0.6) is 0 Å². The van der Waals surface area contributed by atoms with Crippen molar-refractivity contribution in [2.75, 3.05) is 16.6 Å². The van der Waals surface area contributed by atoms with E-state index < -0.39 is 10.0 Å². The van der Waals surface area contributed by atoms with Crippen LogP contribution in [0.4, 0.5) is 5.69 Å². The van der Waals surface area contributed by atoms with E-state index in [9.17, 15) is 18.5 Å². The Kier molecular flexibility index (Phi) is 4.24. The van der Waals surface area contributed by atoms with Gasteiger partial charge < -0.3 is 10.2 Å². The second-order valence-corrected chi connectivity index (χ2v) is 9.45. The summed E-state index contributed by atoms with van der Waals surface area (Å²) >= 11 is 6.27. The third-order valence-corrected chi connectivity index (χ3v) is 7.74. The van der Waals surface area contributed by atoms with Gasteiger partial charge in [0.2, 0.25) is 10.0 Å². The maximum atomic E-state index is 12.6. The van der Waals surface area contributed by atoms with E-state index in [1.54, 1.807) is 17.0 Å². The molecule has 26 heavy (non-hydrogen) atoms. The van der Waals surface area contributed by atoms with Gasteiger partial charge in [-0.2, -0.15) is 5.26 Å². The van der Waals surface area contributed by atoms with Gasteiger partial charge in [0.25, 0.3) is 5.91 Å². The lowest BCUT2D eigenvalue weighted by atomic mass is 9.95. The number of carbonyl (C=O) groups excluding carboxylic acids is 1. The molecule has 0 aromatic heterocycles. The molecule has 3 saturated heterocycles. The number of benzene rings is 1. The Labute approximate surface area is 157 Å². The van der Waals surface area contributed by atoms with E-state index in [0.717, 1.165) is 19.3 Å². The molecule has 7 nitrogen and oxygen atoms in total. The molecule has 0 spiro atoms. The van der Waals surface area contributed by atoms with E-state index in [1.807, 2.05) is 0 Å². The van der Waals surface area contributed by atoms with Crippen molar-refractivity contribution in [3.63, 3.8) is 0 Å². The zero-order valence-corrected chi connectivity index (χ0v) is 15.6. The Morgan fingerprint density at radius 1 is 1.35 bits per heavy atom. The van der Waals surface area contributed by atoms with Crippen molar-refractivity contribution in [3.05, 3.63) is 28.8 Å². The summed E-state index contributed by atoms with van der Waals surface area (Å²) in [6, 6.07) is 4.93. The van der Waals surface area contributed by atoms with Gasteiger partial charge in [0.15, 0.2) is 6.19 Å². The van der Waals surface area contributed by atoms with Crippen LogP contribution in [0, 0.1) is 11.5 Å². The van der Waals surface area contributed by atoms with Crippen molar-refractivity contribution in [2.24, 2.45) is 0 Å². The Morgan fingerprint density at radius 3 is 2.77 bits per heavy atom. The molecule has 0 aliphatic carbocycles. The Morgan fingerprint density at radius 2 is 2.15 bits per heavy atom. The number of hydrogen-bond acceptors (Lipinski definition) is 5. The summed E-state index contributed by atoms with van der Waals surface area (Å²) in [5.41, 5.74) is 0.804. The number of hydrogen-bond donors (Lipinski definition) is 1. The molecule has 1 aromatic carbocycles. The molecule has 0 radical (unpaired) electrons. The van der Waals surface area contributed by atoms with Crippen LogP contribution in [0.3, 0.4) is 0 Å². The monoisotopic (exact) mass is 394 g/mol. The Hall–Kier alpha value is -1.98. The van der Waals surface area contributed by atoms with Crippen molar-refractivity contribution in [1.82, 2.24) is 10.2 Å². The average Bonchev–Trinajstić information content (AvgIpc) is 3.25. The van der Waals surface area contributed by atoms with E-state index in [4.69, 9.17) is 11.6 Å². The van der Waals surface area contributed by atoms with Crippen LogP contribution in [0.25, 0.3) is 0 Å². The zero-order chi connectivity index (χ0) is 18.5. The number of anilines is 1. The number of fused-ring (bicyclic) bond motifs is 2. The van der Waals surface area contributed by atoms with Gasteiger partial charge in [0.1, 0.15) is 0 Å². The maximum absolute atomic E-state index is 12.6. The first-order chi connectivity index (χ1) is 12.4. The predicted octanol–water partition coefficient (Wildman–Crippen LogP) is 1.70. The molecule has 1 aromatic rings. The number of sulfonamides is 1. The van der Waals surface area contributed by atoms with Gasteiger partial charge in [-0.05, 0) is 43.9 Å². The van der Waals surface area contributed by atoms with E-state index in [1.165, 1.54) is 10.4 Å². The number of nitriles is 1. The number of amides is 1. The van der Waals surface area contributed by atoms with E-state index in [-0.39, 0.29) is 34.8 Å². The summed E-state index contributed by atoms with van der Waals surface area (Å²) in [6.45, 7) is 0.430. The predicted molar refractivity (Wildman–Crippen MR) is 97.3 cm³/mol. The molecule has 1 N–H and O–H groups in total. The van der Waals surface area contributed by atoms with Gasteiger partial charge in [0, 0.05) is 12.6 Å². The molecule has 4 rings (SSSR count). The van der Waals surface area contributed by atoms with Gasteiger partial charge in [-0.3, -0.25) is 9.10 Å². The fraction of sp³-hybridized carbons (Fsp3) is 0.529. The van der Waals surface area contributed by atoms with Crippen molar-refractivity contribution in [3.8, 4) is 6.19 Å². The normalized spacial score (nSPS) is 29.0. The topological polar surface area (TPSA) is 93.5 Å². The highest BCUT2D eigenvalue weighted by molar-refractivity contribution is 7.93. The molecular weight excluding hydrogens is 376 g/mol. The van der Waals surface area contributed by atoms with Crippen molar-refractivity contribution in [2.45, 2.75) is 43.8 Å². The molecule has 9 heteroatoms. The fourth-order valence-corrected chi connectivity index (χ4v) is 6.14. The summed E-state index contributed by atoms with van der Waals surface area (Å²) in [5.74, 6) is -0.159. The smallest absolute Gasteiger partial charge is 0.253 e. The number of halogens is 1. The van der Waals surface area contributed by atoms with Crippen molar-refractivity contribution < 1.29 is 13.2 Å². The quantitative estimate of drug-likeness (QED) is 0.787. The molecule has 0 saturated carbocycles. The van der Waals surface area contributed by atoms with Crippen molar-refractivity contribution in [1.29, 1.82) is 5.26 Å². The van der Waals surface area contributed by atoms with Crippen LogP contribution in [-0.2, 0) is 10.0 Å². The highest BCUT2D eigenvalue weighted by atomic mass is 35.5. The largest absolute Gasteiger partial charge is 0.347 e. The van der Waals surface area contributed by atoms with E-state index in [2.05, 4.69) is 11.5 Å². The highest BCUT2D eigenvalue weighted by Crippen LogP contribution is 2.37. The molecule has 2 bridgehead atoms. The third kappa shape index (κ3) is 2.79. The minimum absolute atomic E-state index is 0.0572. The number of carbonyl (C=O) groups is 1. The second-order valence-electron chi connectivity index (χ2n) is 7.03. The van der Waals surface area contributed by atoms with Crippen LogP contribution < -0.4 is 9.62 Å². The van der Waals surface area contributed by atoms with Crippen LogP contribution in [0.1, 0.15) is 36.0 Å². The lowest BCUT2D eigenvalue weighted by molar-refractivity contribution is 0.0928. The second kappa shape index (κ2) is 6.32. The summed E-state index contributed by atoms with van der Waals surface area (Å²) < 4.78 is 25.4. The molecular formula is C17H19ClN4O3S. The molecule has 0 unspecified atom stereocenters. The van der Waals surface area contributed by atoms with Crippen LogP contribution >= 0.6 is 11.6 Å². The first kappa shape index (κ1) is 17.4. The number of nitrogens with one attached hydrogen (secondary N) is 1. The third-order valence-electron chi connectivity index (χ3n) is 5.55. The van der Waals surface area contributed by atoms with Gasteiger partial charge in [-0.25, -0.2) is 8.42 Å². The lowest BCUT2D eigenvalue weighted by Crippen LogP contribution is -2.43. The highest BCUT2D eigenvalue weighted by Gasteiger charge is 2.46. The number of nitrogens with zero attached hydrogens (tertiary/aromatic N) is 3. The summed E-state index contributed by atoms with van der Waals surface area (Å²) in [4.78, 5) is 14.4. The molecule has 3 aliphatic heterocycles. The van der Waals surface area contributed by atoms with E-state index >= 15 is 0 Å². The lowest BCUT2D eigenvalue weighted by Gasteiger charge is -2.22. The Bertz CT molecular complexity index is 898. The summed E-state index contributed by atoms with van der Waals surface area (Å²) in [6.07, 6.45) is 5.47. The molecule has 1 amide bonds. The fourth-order valence-electron chi connectivity index (χ4n) is 4.32. The minimum Gasteiger partial charge on any atom is -0.347 e.